The fourth-order valence-electron chi connectivity index (χ4n) is 3.01. The maximum atomic E-state index is 12.6. The number of nitrogens with zero attached hydrogens (tertiary/aromatic N) is 4. The molecular weight excluding hydrogens is 387 g/mol. The minimum atomic E-state index is -4.39. The number of alkyl halides is 3. The Kier molecular flexibility index (Phi) is 6.53. The lowest BCUT2D eigenvalue weighted by molar-refractivity contribution is -0.137. The van der Waals surface area contributed by atoms with Crippen molar-refractivity contribution in [1.82, 2.24) is 19.9 Å². The molecule has 2 heterocycles. The molecule has 0 radical (unpaired) electrons. The zero-order valence-electron chi connectivity index (χ0n) is 16.4. The van der Waals surface area contributed by atoms with Gasteiger partial charge < -0.3 is 9.84 Å². The lowest BCUT2D eigenvalue weighted by Gasteiger charge is -2.33. The number of nitrogens with one attached hydrogen (secondary N) is 1. The van der Waals surface area contributed by atoms with Crippen LogP contribution in [-0.4, -0.2) is 58.6 Å². The average Bonchev–Trinajstić information content (AvgIpc) is 3.12. The molecule has 0 aliphatic carbocycles. The molecule has 158 valence electrons. The van der Waals surface area contributed by atoms with Gasteiger partial charge in [-0.15, -0.1) is 0 Å². The molecule has 1 fully saturated rings. The number of hydrogen-bond donors (Lipinski definition) is 1. The van der Waals surface area contributed by atoms with Gasteiger partial charge in [0.2, 0.25) is 11.8 Å². The summed E-state index contributed by atoms with van der Waals surface area (Å²) in [6.07, 6.45) is -4.39. The normalized spacial score (nSPS) is 16.3. The van der Waals surface area contributed by atoms with Crippen LogP contribution in [0.5, 0.6) is 0 Å². The molecule has 29 heavy (non-hydrogen) atoms. The molecular formula is C19H24F3N5O2. The zero-order valence-corrected chi connectivity index (χ0v) is 16.4. The third kappa shape index (κ3) is 6.01. The molecule has 1 aromatic carbocycles. The van der Waals surface area contributed by atoms with Gasteiger partial charge in [-0.2, -0.15) is 18.2 Å². The zero-order chi connectivity index (χ0) is 21.0. The third-order valence-electron chi connectivity index (χ3n) is 4.69. The summed E-state index contributed by atoms with van der Waals surface area (Å²) in [5, 5.41) is 6.59. The summed E-state index contributed by atoms with van der Waals surface area (Å²) in [4.78, 5) is 20.7. The van der Waals surface area contributed by atoms with Crippen molar-refractivity contribution in [3.05, 3.63) is 41.5 Å². The Hall–Kier alpha value is -2.46. The van der Waals surface area contributed by atoms with Crippen LogP contribution in [0.15, 0.2) is 28.8 Å². The van der Waals surface area contributed by atoms with Gasteiger partial charge in [-0.25, -0.2) is 0 Å². The second-order valence-electron chi connectivity index (χ2n) is 7.38. The van der Waals surface area contributed by atoms with Crippen molar-refractivity contribution in [3.63, 3.8) is 0 Å². The van der Waals surface area contributed by atoms with Gasteiger partial charge in [0.25, 0.3) is 0 Å². The average molecular weight is 411 g/mol. The van der Waals surface area contributed by atoms with Gasteiger partial charge in [0.05, 0.1) is 18.7 Å². The number of hydrogen-bond acceptors (Lipinski definition) is 6. The van der Waals surface area contributed by atoms with Crippen molar-refractivity contribution in [2.75, 3.05) is 38.0 Å². The first-order chi connectivity index (χ1) is 13.7. The smallest absolute Gasteiger partial charge is 0.338 e. The topological polar surface area (TPSA) is 74.5 Å². The van der Waals surface area contributed by atoms with Crippen molar-refractivity contribution in [2.45, 2.75) is 32.5 Å². The van der Waals surface area contributed by atoms with Crippen LogP contribution in [0.25, 0.3) is 0 Å². The van der Waals surface area contributed by atoms with Gasteiger partial charge >= 0.3 is 6.18 Å². The van der Waals surface area contributed by atoms with E-state index in [0.717, 1.165) is 25.2 Å². The Morgan fingerprint density at radius 1 is 1.14 bits per heavy atom. The molecule has 0 atom stereocenters. The van der Waals surface area contributed by atoms with Crippen LogP contribution in [0.3, 0.4) is 0 Å². The number of anilines is 1. The van der Waals surface area contributed by atoms with E-state index in [4.69, 9.17) is 4.52 Å². The molecule has 3 rings (SSSR count). The lowest BCUT2D eigenvalue weighted by Crippen LogP contribution is -2.48. The molecule has 7 nitrogen and oxygen atoms in total. The van der Waals surface area contributed by atoms with Crippen LogP contribution in [0.2, 0.25) is 0 Å². The predicted octanol–water partition coefficient (Wildman–Crippen LogP) is 2.97. The molecule has 1 saturated heterocycles. The number of aromatic nitrogens is 2. The van der Waals surface area contributed by atoms with E-state index in [9.17, 15) is 18.0 Å². The van der Waals surface area contributed by atoms with Gasteiger partial charge in [0.15, 0.2) is 5.82 Å². The van der Waals surface area contributed by atoms with E-state index in [1.807, 2.05) is 18.7 Å². The van der Waals surface area contributed by atoms with Gasteiger partial charge in [-0.05, 0) is 24.3 Å². The summed E-state index contributed by atoms with van der Waals surface area (Å²) in [5.41, 5.74) is -0.396. The molecule has 1 aliphatic rings. The standard InChI is InChI=1S/C19H24F3N5O2/c1-13(2)18-24-17(29-25-18)12-27-9-7-26(8-10-27)11-16(28)23-15-5-3-14(4-6-15)19(20,21)22/h3-6,13H,7-12H2,1-2H3,(H,23,28). The lowest BCUT2D eigenvalue weighted by atomic mass is 10.2. The number of amides is 1. The molecule has 1 aliphatic heterocycles. The van der Waals surface area contributed by atoms with Crippen LogP contribution in [0.4, 0.5) is 18.9 Å². The molecule has 1 aromatic heterocycles. The van der Waals surface area contributed by atoms with E-state index in [1.165, 1.54) is 12.1 Å². The van der Waals surface area contributed by atoms with Crippen LogP contribution >= 0.6 is 0 Å². The maximum Gasteiger partial charge on any atom is 0.416 e. The maximum absolute atomic E-state index is 12.6. The number of rotatable bonds is 6. The first kappa shape index (κ1) is 21.3. The van der Waals surface area contributed by atoms with Gasteiger partial charge in [-0.3, -0.25) is 14.6 Å². The van der Waals surface area contributed by atoms with Crippen molar-refractivity contribution < 1.29 is 22.5 Å². The van der Waals surface area contributed by atoms with Crippen molar-refractivity contribution in [1.29, 1.82) is 0 Å². The molecule has 0 spiro atoms. The molecule has 10 heteroatoms. The van der Waals surface area contributed by atoms with Crippen molar-refractivity contribution in [2.24, 2.45) is 0 Å². The Morgan fingerprint density at radius 2 is 1.76 bits per heavy atom. The molecule has 1 amide bonds. The Bertz CT molecular complexity index is 812. The highest BCUT2D eigenvalue weighted by Gasteiger charge is 2.30. The van der Waals surface area contributed by atoms with E-state index in [-0.39, 0.29) is 18.4 Å². The van der Waals surface area contributed by atoms with E-state index in [2.05, 4.69) is 20.4 Å². The fraction of sp³-hybridized carbons (Fsp3) is 0.526. The molecule has 0 unspecified atom stereocenters. The molecule has 1 N–H and O–H groups in total. The monoisotopic (exact) mass is 411 g/mol. The first-order valence-electron chi connectivity index (χ1n) is 9.45. The number of benzene rings is 1. The van der Waals surface area contributed by atoms with E-state index in [1.54, 1.807) is 0 Å². The van der Waals surface area contributed by atoms with Crippen molar-refractivity contribution >= 4 is 11.6 Å². The third-order valence-corrected chi connectivity index (χ3v) is 4.69. The van der Waals surface area contributed by atoms with Crippen molar-refractivity contribution in [3.8, 4) is 0 Å². The summed E-state index contributed by atoms with van der Waals surface area (Å²) >= 11 is 0. The highest BCUT2D eigenvalue weighted by Crippen LogP contribution is 2.29. The van der Waals surface area contributed by atoms with Gasteiger partial charge in [0.1, 0.15) is 0 Å². The van der Waals surface area contributed by atoms with Crippen LogP contribution in [0, 0.1) is 0 Å². The molecule has 2 aromatic rings. The largest absolute Gasteiger partial charge is 0.416 e. The summed E-state index contributed by atoms with van der Waals surface area (Å²) in [7, 11) is 0. The summed E-state index contributed by atoms with van der Waals surface area (Å²) in [6, 6.07) is 4.43. The van der Waals surface area contributed by atoms with E-state index >= 15 is 0 Å². The second-order valence-corrected chi connectivity index (χ2v) is 7.38. The number of carbonyl (C=O) groups is 1. The predicted molar refractivity (Wildman–Crippen MR) is 100 cm³/mol. The highest BCUT2D eigenvalue weighted by atomic mass is 19.4. The fourth-order valence-corrected chi connectivity index (χ4v) is 3.01. The van der Waals surface area contributed by atoms with Crippen LogP contribution in [0.1, 0.15) is 37.0 Å². The molecule has 0 saturated carbocycles. The van der Waals surface area contributed by atoms with Crippen LogP contribution in [-0.2, 0) is 17.5 Å². The van der Waals surface area contributed by atoms with Gasteiger partial charge in [0, 0.05) is 37.8 Å². The number of carbonyl (C=O) groups excluding carboxylic acids is 1. The Morgan fingerprint density at radius 3 is 2.31 bits per heavy atom. The second kappa shape index (κ2) is 8.91. The first-order valence-corrected chi connectivity index (χ1v) is 9.45. The quantitative estimate of drug-likeness (QED) is 0.788. The SMILES string of the molecule is CC(C)c1noc(CN2CCN(CC(=O)Nc3ccc(C(F)(F)F)cc3)CC2)n1. The summed E-state index contributed by atoms with van der Waals surface area (Å²) in [5.74, 6) is 1.24. The van der Waals surface area contributed by atoms with Crippen LogP contribution < -0.4 is 5.32 Å². The van der Waals surface area contributed by atoms with Gasteiger partial charge in [-0.1, -0.05) is 19.0 Å². The molecule has 0 bridgehead atoms. The summed E-state index contributed by atoms with van der Waals surface area (Å²) in [6.45, 7) is 7.68. The number of halogens is 3. The van der Waals surface area contributed by atoms with E-state index < -0.39 is 11.7 Å². The Balaban J connectivity index is 1.42. The minimum absolute atomic E-state index is 0.187. The van der Waals surface area contributed by atoms with E-state index in [0.29, 0.717) is 37.0 Å². The Labute approximate surface area is 166 Å². The number of piperazine rings is 1. The summed E-state index contributed by atoms with van der Waals surface area (Å²) < 4.78 is 43.0. The highest BCUT2D eigenvalue weighted by molar-refractivity contribution is 5.92. The minimum Gasteiger partial charge on any atom is -0.338 e.